The van der Waals surface area contributed by atoms with Gasteiger partial charge in [-0.3, -0.25) is 9.59 Å². The lowest BCUT2D eigenvalue weighted by Gasteiger charge is -2.41. The van der Waals surface area contributed by atoms with E-state index in [1.807, 2.05) is 11.9 Å². The molecule has 0 aromatic heterocycles. The maximum absolute atomic E-state index is 12.1. The van der Waals surface area contributed by atoms with Gasteiger partial charge >= 0.3 is 0 Å². The Hall–Kier alpha value is -1.14. The number of hydrogen-bond acceptors (Lipinski definition) is 4. The predicted molar refractivity (Wildman–Crippen MR) is 72.4 cm³/mol. The normalized spacial score (nSPS) is 35.5. The minimum atomic E-state index is -0.361. The molecule has 19 heavy (non-hydrogen) atoms. The summed E-state index contributed by atoms with van der Waals surface area (Å²) in [5.74, 6) is -0.00837. The largest absolute Gasteiger partial charge is 0.351 e. The molecule has 1 heterocycles. The first kappa shape index (κ1) is 14.3. The summed E-state index contributed by atoms with van der Waals surface area (Å²) in [6, 6.07) is 0.159. The van der Waals surface area contributed by atoms with E-state index >= 15 is 0 Å². The standard InChI is InChI=1S/C13H24N4O2/c1-8(18)16-11-7-9(15-2)3-4-12(11)17-6-5-10(14)13(17)19/h9-12,15H,3-7,14H2,1-2H3,(H,16,18)/t9-,10+,11-,12+/m1/s1. The van der Waals surface area contributed by atoms with Gasteiger partial charge in [0.2, 0.25) is 11.8 Å². The van der Waals surface area contributed by atoms with Crippen molar-refractivity contribution in [3.8, 4) is 0 Å². The summed E-state index contributed by atoms with van der Waals surface area (Å²) in [7, 11) is 1.94. The zero-order valence-electron chi connectivity index (χ0n) is 11.7. The van der Waals surface area contributed by atoms with Crippen molar-refractivity contribution in [2.45, 2.75) is 56.8 Å². The Labute approximate surface area is 114 Å². The summed E-state index contributed by atoms with van der Waals surface area (Å²) in [4.78, 5) is 25.3. The van der Waals surface area contributed by atoms with E-state index in [0.717, 1.165) is 25.7 Å². The van der Waals surface area contributed by atoms with Gasteiger partial charge in [0.05, 0.1) is 18.1 Å². The maximum Gasteiger partial charge on any atom is 0.239 e. The summed E-state index contributed by atoms with van der Waals surface area (Å²) in [5, 5.41) is 6.25. The third-order valence-electron chi connectivity index (χ3n) is 4.29. The van der Waals surface area contributed by atoms with Crippen molar-refractivity contribution in [3.05, 3.63) is 0 Å². The smallest absolute Gasteiger partial charge is 0.239 e. The van der Waals surface area contributed by atoms with Gasteiger partial charge in [-0.1, -0.05) is 0 Å². The Bertz CT molecular complexity index is 361. The van der Waals surface area contributed by atoms with Gasteiger partial charge in [-0.25, -0.2) is 0 Å². The topological polar surface area (TPSA) is 87.5 Å². The summed E-state index contributed by atoms with van der Waals surface area (Å²) in [5.41, 5.74) is 5.78. The van der Waals surface area contributed by atoms with Crippen LogP contribution >= 0.6 is 0 Å². The molecule has 0 radical (unpaired) electrons. The zero-order chi connectivity index (χ0) is 14.0. The van der Waals surface area contributed by atoms with Gasteiger partial charge in [0, 0.05) is 19.5 Å². The molecule has 2 fully saturated rings. The van der Waals surface area contributed by atoms with E-state index in [0.29, 0.717) is 12.6 Å². The van der Waals surface area contributed by atoms with Crippen LogP contribution in [0.4, 0.5) is 0 Å². The van der Waals surface area contributed by atoms with E-state index in [2.05, 4.69) is 10.6 Å². The highest BCUT2D eigenvalue weighted by molar-refractivity contribution is 5.84. The Balaban J connectivity index is 2.08. The second-order valence-electron chi connectivity index (χ2n) is 5.60. The minimum absolute atomic E-state index is 0.0259. The van der Waals surface area contributed by atoms with Gasteiger partial charge in [0.15, 0.2) is 0 Å². The Morgan fingerprint density at radius 3 is 2.63 bits per heavy atom. The highest BCUT2D eigenvalue weighted by atomic mass is 16.2. The minimum Gasteiger partial charge on any atom is -0.351 e. The van der Waals surface area contributed by atoms with Crippen LogP contribution in [0.1, 0.15) is 32.6 Å². The molecule has 0 unspecified atom stereocenters. The van der Waals surface area contributed by atoms with Crippen molar-refractivity contribution >= 4 is 11.8 Å². The van der Waals surface area contributed by atoms with Gasteiger partial charge in [0.1, 0.15) is 0 Å². The Morgan fingerprint density at radius 2 is 2.11 bits per heavy atom. The van der Waals surface area contributed by atoms with Crippen molar-refractivity contribution in [1.82, 2.24) is 15.5 Å². The van der Waals surface area contributed by atoms with E-state index < -0.39 is 0 Å². The van der Waals surface area contributed by atoms with E-state index in [9.17, 15) is 9.59 Å². The molecule has 2 aliphatic rings. The SMILES string of the molecule is CN[C@@H]1CC[C@H](N2CC[C@H](N)C2=O)[C@H](NC(C)=O)C1. The average Bonchev–Trinajstić information content (AvgIpc) is 2.69. The first-order valence-corrected chi connectivity index (χ1v) is 7.03. The highest BCUT2D eigenvalue weighted by Gasteiger charge is 2.40. The van der Waals surface area contributed by atoms with Crippen molar-refractivity contribution in [2.24, 2.45) is 5.73 Å². The van der Waals surface area contributed by atoms with Crippen LogP contribution in [0.2, 0.25) is 0 Å². The number of likely N-dealkylation sites (tertiary alicyclic amines) is 1. The van der Waals surface area contributed by atoms with Crippen molar-refractivity contribution < 1.29 is 9.59 Å². The number of amides is 2. The third kappa shape index (κ3) is 3.06. The number of carbonyl (C=O) groups excluding carboxylic acids is 2. The summed E-state index contributed by atoms with van der Waals surface area (Å²) in [6.45, 7) is 2.24. The third-order valence-corrected chi connectivity index (χ3v) is 4.29. The molecule has 1 saturated heterocycles. The molecule has 4 atom stereocenters. The van der Waals surface area contributed by atoms with E-state index in [4.69, 9.17) is 5.73 Å². The first-order valence-electron chi connectivity index (χ1n) is 7.03. The second-order valence-corrected chi connectivity index (χ2v) is 5.60. The molecule has 1 saturated carbocycles. The maximum atomic E-state index is 12.1. The lowest BCUT2D eigenvalue weighted by molar-refractivity contribution is -0.133. The fourth-order valence-corrected chi connectivity index (χ4v) is 3.26. The quantitative estimate of drug-likeness (QED) is 0.625. The van der Waals surface area contributed by atoms with Gasteiger partial charge in [-0.05, 0) is 32.7 Å². The lowest BCUT2D eigenvalue weighted by Crippen LogP contribution is -2.57. The molecule has 1 aliphatic heterocycles. The number of nitrogens with one attached hydrogen (secondary N) is 2. The molecule has 2 amide bonds. The summed E-state index contributed by atoms with van der Waals surface area (Å²) >= 11 is 0. The molecule has 6 nitrogen and oxygen atoms in total. The molecule has 0 aromatic carbocycles. The molecule has 4 N–H and O–H groups in total. The van der Waals surface area contributed by atoms with Gasteiger partial charge in [0.25, 0.3) is 0 Å². The second kappa shape index (κ2) is 5.88. The Kier molecular flexibility index (Phi) is 4.42. The van der Waals surface area contributed by atoms with Gasteiger partial charge in [-0.2, -0.15) is 0 Å². The van der Waals surface area contributed by atoms with Crippen molar-refractivity contribution in [3.63, 3.8) is 0 Å². The van der Waals surface area contributed by atoms with Crippen LogP contribution in [0.3, 0.4) is 0 Å². The van der Waals surface area contributed by atoms with Crippen LogP contribution in [-0.4, -0.2) is 54.5 Å². The predicted octanol–water partition coefficient (Wildman–Crippen LogP) is -0.809. The van der Waals surface area contributed by atoms with Crippen LogP contribution in [0.25, 0.3) is 0 Å². The molecule has 2 rings (SSSR count). The molecule has 1 aliphatic carbocycles. The van der Waals surface area contributed by atoms with Crippen molar-refractivity contribution in [2.75, 3.05) is 13.6 Å². The average molecular weight is 268 g/mol. The van der Waals surface area contributed by atoms with E-state index in [1.165, 1.54) is 6.92 Å². The fraction of sp³-hybridized carbons (Fsp3) is 0.846. The van der Waals surface area contributed by atoms with Gasteiger partial charge < -0.3 is 21.3 Å². The monoisotopic (exact) mass is 268 g/mol. The number of hydrogen-bond donors (Lipinski definition) is 3. The Morgan fingerprint density at radius 1 is 1.37 bits per heavy atom. The molecule has 0 aromatic rings. The number of nitrogens with two attached hydrogens (primary N) is 1. The molecular weight excluding hydrogens is 244 g/mol. The number of carbonyl (C=O) groups is 2. The lowest BCUT2D eigenvalue weighted by atomic mass is 9.85. The van der Waals surface area contributed by atoms with Gasteiger partial charge in [-0.15, -0.1) is 0 Å². The molecule has 6 heteroatoms. The molecule has 0 bridgehead atoms. The number of nitrogens with zero attached hydrogens (tertiary/aromatic N) is 1. The van der Waals surface area contributed by atoms with Crippen LogP contribution in [0, 0.1) is 0 Å². The first-order chi connectivity index (χ1) is 9.02. The zero-order valence-corrected chi connectivity index (χ0v) is 11.7. The van der Waals surface area contributed by atoms with Crippen molar-refractivity contribution in [1.29, 1.82) is 0 Å². The molecule has 108 valence electrons. The van der Waals surface area contributed by atoms with Crippen LogP contribution < -0.4 is 16.4 Å². The summed E-state index contributed by atoms with van der Waals surface area (Å²) in [6.07, 6.45) is 3.52. The number of rotatable bonds is 3. The van der Waals surface area contributed by atoms with Crippen LogP contribution in [0.5, 0.6) is 0 Å². The molecular formula is C13H24N4O2. The van der Waals surface area contributed by atoms with E-state index in [1.54, 1.807) is 0 Å². The van der Waals surface area contributed by atoms with Crippen LogP contribution in [-0.2, 0) is 9.59 Å². The van der Waals surface area contributed by atoms with Crippen LogP contribution in [0.15, 0.2) is 0 Å². The highest BCUT2D eigenvalue weighted by Crippen LogP contribution is 2.27. The summed E-state index contributed by atoms with van der Waals surface area (Å²) < 4.78 is 0. The van der Waals surface area contributed by atoms with E-state index in [-0.39, 0.29) is 29.9 Å². The fourth-order valence-electron chi connectivity index (χ4n) is 3.26. The molecule has 0 spiro atoms.